The zero-order valence-corrected chi connectivity index (χ0v) is 11.9. The van der Waals surface area contributed by atoms with E-state index in [-0.39, 0.29) is 28.6 Å². The largest absolute Gasteiger partial charge is 0.494 e. The van der Waals surface area contributed by atoms with Crippen LogP contribution < -0.4 is 4.74 Å². The highest BCUT2D eigenvalue weighted by Crippen LogP contribution is 2.29. The second-order valence-corrected chi connectivity index (χ2v) is 5.40. The first kappa shape index (κ1) is 16.9. The molecular formula is C13H16F2O4S. The van der Waals surface area contributed by atoms with Gasteiger partial charge < -0.3 is 14.9 Å². The van der Waals surface area contributed by atoms with Crippen molar-refractivity contribution in [2.45, 2.75) is 25.6 Å². The fraction of sp³-hybridized carbons (Fsp3) is 0.462. The Kier molecular flexibility index (Phi) is 6.38. The lowest BCUT2D eigenvalue weighted by molar-refractivity contribution is -0.109. The molecule has 0 saturated carbocycles. The molecule has 2 atom stereocenters. The van der Waals surface area contributed by atoms with Crippen molar-refractivity contribution in [3.63, 3.8) is 0 Å². The van der Waals surface area contributed by atoms with Gasteiger partial charge in [0.25, 0.3) is 0 Å². The lowest BCUT2D eigenvalue weighted by atomic mass is 10.0. The molecule has 0 saturated heterocycles. The van der Waals surface area contributed by atoms with Gasteiger partial charge in [-0.25, -0.2) is 4.39 Å². The fourth-order valence-electron chi connectivity index (χ4n) is 1.62. The van der Waals surface area contributed by atoms with Gasteiger partial charge >= 0.3 is 0 Å². The van der Waals surface area contributed by atoms with Crippen molar-refractivity contribution in [1.29, 1.82) is 0 Å². The molecule has 20 heavy (non-hydrogen) atoms. The quantitative estimate of drug-likeness (QED) is 0.842. The smallest absolute Gasteiger partial charge is 0.200 e. The first-order valence-electron chi connectivity index (χ1n) is 5.89. The highest BCUT2D eigenvalue weighted by atomic mass is 32.2. The normalized spacial score (nSPS) is 13.9. The van der Waals surface area contributed by atoms with E-state index in [2.05, 4.69) is 4.74 Å². The first-order valence-corrected chi connectivity index (χ1v) is 6.88. The molecule has 1 aromatic rings. The third kappa shape index (κ3) is 4.16. The molecule has 4 nitrogen and oxygen atoms in total. The Morgan fingerprint density at radius 3 is 2.55 bits per heavy atom. The molecule has 0 spiro atoms. The van der Waals surface area contributed by atoms with Crippen LogP contribution in [0.3, 0.4) is 0 Å². The number of aliphatic hydroxyl groups is 2. The van der Waals surface area contributed by atoms with Gasteiger partial charge in [-0.05, 0) is 18.6 Å². The van der Waals surface area contributed by atoms with Crippen LogP contribution in [-0.2, 0) is 4.79 Å². The van der Waals surface area contributed by atoms with Crippen molar-refractivity contribution in [2.24, 2.45) is 0 Å². The third-order valence-electron chi connectivity index (χ3n) is 2.70. The minimum Gasteiger partial charge on any atom is -0.494 e. The van der Waals surface area contributed by atoms with Gasteiger partial charge in [-0.15, -0.1) is 0 Å². The second-order valence-electron chi connectivity index (χ2n) is 4.13. The second kappa shape index (κ2) is 7.56. The van der Waals surface area contributed by atoms with E-state index in [4.69, 9.17) is 0 Å². The average Bonchev–Trinajstić information content (AvgIpc) is 2.40. The fourth-order valence-corrected chi connectivity index (χ4v) is 2.27. The number of rotatable bonds is 6. The average molecular weight is 306 g/mol. The summed E-state index contributed by atoms with van der Waals surface area (Å²) in [5.74, 6) is -2.46. The Morgan fingerprint density at radius 2 is 2.00 bits per heavy atom. The summed E-state index contributed by atoms with van der Waals surface area (Å²) in [6.45, 7) is 1.38. The molecule has 1 aromatic carbocycles. The number of halogens is 2. The van der Waals surface area contributed by atoms with Crippen molar-refractivity contribution in [3.05, 3.63) is 29.3 Å². The van der Waals surface area contributed by atoms with Crippen LogP contribution in [0.4, 0.5) is 8.78 Å². The van der Waals surface area contributed by atoms with E-state index in [0.29, 0.717) is 0 Å². The van der Waals surface area contributed by atoms with Gasteiger partial charge in [-0.3, -0.25) is 4.79 Å². The molecule has 0 radical (unpaired) electrons. The predicted molar refractivity (Wildman–Crippen MR) is 71.6 cm³/mol. The van der Waals surface area contributed by atoms with Crippen LogP contribution in [-0.4, -0.2) is 34.3 Å². The van der Waals surface area contributed by atoms with Crippen LogP contribution >= 0.6 is 11.8 Å². The van der Waals surface area contributed by atoms with Crippen LogP contribution in [0.1, 0.15) is 25.0 Å². The molecular weight excluding hydrogens is 290 g/mol. The molecule has 2 N–H and O–H groups in total. The van der Waals surface area contributed by atoms with E-state index < -0.39 is 23.8 Å². The van der Waals surface area contributed by atoms with Gasteiger partial charge in [0.15, 0.2) is 16.7 Å². The monoisotopic (exact) mass is 306 g/mol. The molecule has 0 heterocycles. The number of carbonyl (C=O) groups is 1. The lowest BCUT2D eigenvalue weighted by Gasteiger charge is -2.19. The highest BCUT2D eigenvalue weighted by Gasteiger charge is 2.25. The Hall–Kier alpha value is -1.18. The van der Waals surface area contributed by atoms with E-state index in [9.17, 15) is 23.8 Å². The first-order chi connectivity index (χ1) is 9.38. The molecule has 7 heteroatoms. The van der Waals surface area contributed by atoms with E-state index in [0.717, 1.165) is 17.8 Å². The SMILES string of the molecule is COc1ccc(C(O)C(O)CCSC(C)=O)c(F)c1F. The zero-order valence-electron chi connectivity index (χ0n) is 11.1. The summed E-state index contributed by atoms with van der Waals surface area (Å²) in [7, 11) is 1.20. The summed E-state index contributed by atoms with van der Waals surface area (Å²) in [6.07, 6.45) is -2.77. The minimum absolute atomic E-state index is 0.0818. The highest BCUT2D eigenvalue weighted by molar-refractivity contribution is 8.13. The minimum atomic E-state index is -1.57. The topological polar surface area (TPSA) is 66.8 Å². The molecule has 0 amide bonds. The molecule has 0 bridgehead atoms. The van der Waals surface area contributed by atoms with Crippen molar-refractivity contribution in [2.75, 3.05) is 12.9 Å². The lowest BCUT2D eigenvalue weighted by Crippen LogP contribution is -2.20. The van der Waals surface area contributed by atoms with E-state index in [1.54, 1.807) is 0 Å². The molecule has 1 rings (SSSR count). The number of aliphatic hydroxyl groups excluding tert-OH is 2. The summed E-state index contributed by atoms with van der Waals surface area (Å²) >= 11 is 0.988. The molecule has 112 valence electrons. The summed E-state index contributed by atoms with van der Waals surface area (Å²) in [5.41, 5.74) is -0.344. The van der Waals surface area contributed by atoms with Gasteiger partial charge in [-0.2, -0.15) is 4.39 Å². The Bertz CT molecular complexity index is 482. The number of thioether (sulfide) groups is 1. The summed E-state index contributed by atoms with van der Waals surface area (Å²) in [4.78, 5) is 10.7. The molecule has 0 aliphatic carbocycles. The van der Waals surface area contributed by atoms with Crippen molar-refractivity contribution in [3.8, 4) is 5.75 Å². The van der Waals surface area contributed by atoms with Crippen molar-refractivity contribution >= 4 is 16.9 Å². The summed E-state index contributed by atoms with van der Waals surface area (Å²) < 4.78 is 31.8. The number of hydrogen-bond donors (Lipinski definition) is 2. The molecule has 0 fully saturated rings. The Morgan fingerprint density at radius 1 is 1.35 bits per heavy atom. The number of methoxy groups -OCH3 is 1. The maximum absolute atomic E-state index is 13.7. The van der Waals surface area contributed by atoms with Gasteiger partial charge in [0.05, 0.1) is 13.2 Å². The number of ether oxygens (including phenoxy) is 1. The van der Waals surface area contributed by atoms with Crippen LogP contribution in [0.25, 0.3) is 0 Å². The van der Waals surface area contributed by atoms with Gasteiger partial charge in [0.1, 0.15) is 6.10 Å². The standard InChI is InChI=1S/C13H16F2O4S/c1-7(16)20-6-5-9(17)13(18)8-3-4-10(19-2)12(15)11(8)14/h3-4,9,13,17-18H,5-6H2,1-2H3. The van der Waals surface area contributed by atoms with E-state index in [1.165, 1.54) is 20.1 Å². The summed E-state index contributed by atoms with van der Waals surface area (Å²) in [6, 6.07) is 2.33. The van der Waals surface area contributed by atoms with Crippen LogP contribution in [0.5, 0.6) is 5.75 Å². The zero-order chi connectivity index (χ0) is 15.3. The third-order valence-corrected chi connectivity index (χ3v) is 3.55. The van der Waals surface area contributed by atoms with Gasteiger partial charge in [-0.1, -0.05) is 11.8 Å². The molecule has 0 aromatic heterocycles. The Labute approximate surface area is 119 Å². The van der Waals surface area contributed by atoms with Crippen molar-refractivity contribution < 1.29 is 28.5 Å². The van der Waals surface area contributed by atoms with Crippen LogP contribution in [0.15, 0.2) is 12.1 Å². The number of hydrogen-bond acceptors (Lipinski definition) is 5. The Balaban J connectivity index is 2.78. The maximum Gasteiger partial charge on any atom is 0.200 e. The van der Waals surface area contributed by atoms with E-state index in [1.807, 2.05) is 0 Å². The summed E-state index contributed by atoms with van der Waals surface area (Å²) in [5, 5.41) is 19.4. The van der Waals surface area contributed by atoms with Crippen molar-refractivity contribution in [1.82, 2.24) is 0 Å². The van der Waals surface area contributed by atoms with Crippen LogP contribution in [0, 0.1) is 11.6 Å². The number of benzene rings is 1. The molecule has 0 aliphatic rings. The molecule has 0 aliphatic heterocycles. The van der Waals surface area contributed by atoms with Gasteiger partial charge in [0, 0.05) is 18.2 Å². The maximum atomic E-state index is 13.7. The predicted octanol–water partition coefficient (Wildman–Crippen LogP) is 2.04. The van der Waals surface area contributed by atoms with Crippen LogP contribution in [0.2, 0.25) is 0 Å². The number of carbonyl (C=O) groups excluding carboxylic acids is 1. The van der Waals surface area contributed by atoms with Gasteiger partial charge in [0.2, 0.25) is 5.82 Å². The molecule has 2 unspecified atom stereocenters. The van der Waals surface area contributed by atoms with E-state index >= 15 is 0 Å².